The summed E-state index contributed by atoms with van der Waals surface area (Å²) in [6.45, 7) is 3.90. The summed E-state index contributed by atoms with van der Waals surface area (Å²) in [5.74, 6) is -1.65. The van der Waals surface area contributed by atoms with Crippen LogP contribution in [0.5, 0.6) is 0 Å². The highest BCUT2D eigenvalue weighted by molar-refractivity contribution is 7.14. The van der Waals surface area contributed by atoms with E-state index in [-0.39, 0.29) is 11.8 Å². The topological polar surface area (TPSA) is 95.5 Å². The van der Waals surface area contributed by atoms with Crippen LogP contribution in [0.4, 0.5) is 0 Å². The van der Waals surface area contributed by atoms with Gasteiger partial charge in [0, 0.05) is 17.5 Å². The minimum atomic E-state index is -1.05. The fourth-order valence-corrected chi connectivity index (χ4v) is 2.19. The fourth-order valence-electron chi connectivity index (χ4n) is 1.38. The Balaban J connectivity index is 2.64. The van der Waals surface area contributed by atoms with Crippen LogP contribution in [-0.4, -0.2) is 35.5 Å². The van der Waals surface area contributed by atoms with E-state index in [1.165, 1.54) is 6.08 Å². The smallest absolute Gasteiger partial charge is 0.328 e. The molecule has 7 heteroatoms. The van der Waals surface area contributed by atoms with Gasteiger partial charge < -0.3 is 15.7 Å². The third-order valence-electron chi connectivity index (χ3n) is 2.33. The van der Waals surface area contributed by atoms with Crippen LogP contribution in [0, 0.1) is 0 Å². The highest BCUT2D eigenvalue weighted by atomic mass is 32.1. The molecule has 1 atom stereocenters. The Kier molecular flexibility index (Phi) is 5.92. The average molecular weight is 296 g/mol. The van der Waals surface area contributed by atoms with E-state index >= 15 is 0 Å². The van der Waals surface area contributed by atoms with E-state index in [9.17, 15) is 14.4 Å². The first-order valence-electron chi connectivity index (χ1n) is 6.03. The summed E-state index contributed by atoms with van der Waals surface area (Å²) in [7, 11) is 0. The van der Waals surface area contributed by atoms with E-state index in [4.69, 9.17) is 5.11 Å². The largest absolute Gasteiger partial charge is 0.478 e. The van der Waals surface area contributed by atoms with Crippen molar-refractivity contribution < 1.29 is 19.5 Å². The first kappa shape index (κ1) is 15.9. The van der Waals surface area contributed by atoms with Gasteiger partial charge in [-0.2, -0.15) is 0 Å². The number of nitrogens with one attached hydrogen (secondary N) is 2. The van der Waals surface area contributed by atoms with E-state index < -0.39 is 12.0 Å². The Morgan fingerprint density at radius 3 is 2.70 bits per heavy atom. The molecule has 1 unspecified atom stereocenters. The molecule has 0 aliphatic carbocycles. The normalized spacial score (nSPS) is 12.1. The minimum Gasteiger partial charge on any atom is -0.478 e. The number of thiophene rings is 1. The number of rotatable bonds is 6. The summed E-state index contributed by atoms with van der Waals surface area (Å²) in [5, 5.41) is 13.7. The van der Waals surface area contributed by atoms with Gasteiger partial charge in [-0.15, -0.1) is 11.3 Å². The van der Waals surface area contributed by atoms with E-state index in [0.29, 0.717) is 16.3 Å². The lowest BCUT2D eigenvalue weighted by atomic mass is 10.3. The zero-order chi connectivity index (χ0) is 15.1. The summed E-state index contributed by atoms with van der Waals surface area (Å²) < 4.78 is 0. The Morgan fingerprint density at radius 2 is 2.10 bits per heavy atom. The molecule has 6 nitrogen and oxygen atoms in total. The van der Waals surface area contributed by atoms with Crippen LogP contribution in [0.15, 0.2) is 18.2 Å². The number of likely N-dealkylation sites (N-methyl/N-ethyl adjacent to an activating group) is 1. The van der Waals surface area contributed by atoms with Crippen LogP contribution in [0.25, 0.3) is 6.08 Å². The van der Waals surface area contributed by atoms with Gasteiger partial charge in [-0.1, -0.05) is 0 Å². The van der Waals surface area contributed by atoms with Crippen molar-refractivity contribution in [3.8, 4) is 0 Å². The van der Waals surface area contributed by atoms with Gasteiger partial charge in [0.05, 0.1) is 4.88 Å². The number of carbonyl (C=O) groups excluding carboxylic acids is 2. The molecule has 0 bridgehead atoms. The lowest BCUT2D eigenvalue weighted by Gasteiger charge is -2.12. The molecule has 20 heavy (non-hydrogen) atoms. The monoisotopic (exact) mass is 296 g/mol. The number of carboxylic acid groups (broad SMARTS) is 1. The van der Waals surface area contributed by atoms with E-state index in [1.807, 2.05) is 0 Å². The SMILES string of the molecule is CCNC(=O)C(C)NC(=O)c1ccc(C=CC(=O)O)s1. The third kappa shape index (κ3) is 4.85. The summed E-state index contributed by atoms with van der Waals surface area (Å²) in [6, 6.07) is 2.62. The Labute approximate surface area is 120 Å². The molecule has 0 aromatic carbocycles. The molecular formula is C13H16N2O4S. The molecule has 0 spiro atoms. The molecule has 3 N–H and O–H groups in total. The van der Waals surface area contributed by atoms with Gasteiger partial charge >= 0.3 is 5.97 Å². The second-order valence-corrected chi connectivity index (χ2v) is 5.08. The predicted molar refractivity (Wildman–Crippen MR) is 76.6 cm³/mol. The van der Waals surface area contributed by atoms with Crippen molar-refractivity contribution in [1.29, 1.82) is 0 Å². The van der Waals surface area contributed by atoms with Crippen LogP contribution in [0.3, 0.4) is 0 Å². The molecule has 0 saturated heterocycles. The highest BCUT2D eigenvalue weighted by Gasteiger charge is 2.16. The summed E-state index contributed by atoms with van der Waals surface area (Å²) >= 11 is 1.16. The Hall–Kier alpha value is -2.15. The maximum Gasteiger partial charge on any atom is 0.328 e. The number of carbonyl (C=O) groups is 3. The molecule has 2 amide bonds. The second-order valence-electron chi connectivity index (χ2n) is 3.96. The minimum absolute atomic E-state index is 0.247. The summed E-state index contributed by atoms with van der Waals surface area (Å²) in [4.78, 5) is 34.9. The van der Waals surface area contributed by atoms with E-state index in [1.54, 1.807) is 26.0 Å². The van der Waals surface area contributed by atoms with Crippen molar-refractivity contribution in [2.75, 3.05) is 6.54 Å². The number of hydrogen-bond donors (Lipinski definition) is 3. The van der Waals surface area contributed by atoms with Gasteiger partial charge in [0.15, 0.2) is 0 Å². The van der Waals surface area contributed by atoms with Gasteiger partial charge in [-0.25, -0.2) is 4.79 Å². The lowest BCUT2D eigenvalue weighted by Crippen LogP contribution is -2.44. The fraction of sp³-hybridized carbons (Fsp3) is 0.308. The first-order chi connectivity index (χ1) is 9.43. The maximum atomic E-state index is 11.9. The van der Waals surface area contributed by atoms with Gasteiger partial charge in [0.2, 0.25) is 5.91 Å². The molecule has 0 fully saturated rings. The van der Waals surface area contributed by atoms with Gasteiger partial charge in [-0.3, -0.25) is 9.59 Å². The molecule has 108 valence electrons. The highest BCUT2D eigenvalue weighted by Crippen LogP contribution is 2.17. The van der Waals surface area contributed by atoms with Gasteiger partial charge in [-0.05, 0) is 32.1 Å². The zero-order valence-corrected chi connectivity index (χ0v) is 12.0. The standard InChI is InChI=1S/C13H16N2O4S/c1-3-14-12(18)8(2)15-13(19)10-6-4-9(20-10)5-7-11(16)17/h4-8H,3H2,1-2H3,(H,14,18)(H,15,19)(H,16,17). The molecule has 0 saturated carbocycles. The third-order valence-corrected chi connectivity index (χ3v) is 3.38. The number of hydrogen-bond acceptors (Lipinski definition) is 4. The van der Waals surface area contributed by atoms with Gasteiger partial charge in [0.1, 0.15) is 6.04 Å². The van der Waals surface area contributed by atoms with Crippen molar-refractivity contribution in [2.24, 2.45) is 0 Å². The predicted octanol–water partition coefficient (Wildman–Crippen LogP) is 1.10. The summed E-state index contributed by atoms with van der Waals surface area (Å²) in [6.07, 6.45) is 2.42. The van der Waals surface area contributed by atoms with Gasteiger partial charge in [0.25, 0.3) is 5.91 Å². The first-order valence-corrected chi connectivity index (χ1v) is 6.85. The van der Waals surface area contributed by atoms with E-state index in [0.717, 1.165) is 17.4 Å². The number of amides is 2. The van der Waals surface area contributed by atoms with Crippen LogP contribution in [0.1, 0.15) is 28.4 Å². The van der Waals surface area contributed by atoms with Crippen molar-refractivity contribution in [2.45, 2.75) is 19.9 Å². The van der Waals surface area contributed by atoms with Crippen molar-refractivity contribution in [1.82, 2.24) is 10.6 Å². The molecule has 1 aromatic heterocycles. The molecular weight excluding hydrogens is 280 g/mol. The van der Waals surface area contributed by atoms with Crippen LogP contribution in [-0.2, 0) is 9.59 Å². The molecule has 1 aromatic rings. The number of aliphatic carboxylic acids is 1. The van der Waals surface area contributed by atoms with Crippen LogP contribution in [0.2, 0.25) is 0 Å². The molecule has 0 aliphatic heterocycles. The maximum absolute atomic E-state index is 11.9. The molecule has 0 aliphatic rings. The quantitative estimate of drug-likeness (QED) is 0.685. The zero-order valence-electron chi connectivity index (χ0n) is 11.2. The van der Waals surface area contributed by atoms with Crippen molar-refractivity contribution in [3.63, 3.8) is 0 Å². The van der Waals surface area contributed by atoms with Crippen LogP contribution < -0.4 is 10.6 Å². The Bertz CT molecular complexity index is 536. The number of carboxylic acids is 1. The average Bonchev–Trinajstić information content (AvgIpc) is 2.85. The molecule has 1 rings (SSSR count). The summed E-state index contributed by atoms with van der Waals surface area (Å²) in [5.41, 5.74) is 0. The van der Waals surface area contributed by atoms with Crippen LogP contribution >= 0.6 is 11.3 Å². The Morgan fingerprint density at radius 1 is 1.40 bits per heavy atom. The second kappa shape index (κ2) is 7.44. The lowest BCUT2D eigenvalue weighted by molar-refractivity contribution is -0.131. The van der Waals surface area contributed by atoms with E-state index in [2.05, 4.69) is 10.6 Å². The molecule has 0 radical (unpaired) electrons. The molecule has 1 heterocycles. The van der Waals surface area contributed by atoms with Crippen molar-refractivity contribution >= 4 is 35.2 Å². The van der Waals surface area contributed by atoms with Crippen molar-refractivity contribution in [3.05, 3.63) is 28.0 Å².